The van der Waals surface area contributed by atoms with Crippen molar-refractivity contribution < 1.29 is 8.42 Å². The molecule has 0 radical (unpaired) electrons. The lowest BCUT2D eigenvalue weighted by molar-refractivity contribution is 0.140. The minimum Gasteiger partial charge on any atom is -0.294 e. The number of hydrogen-bond acceptors (Lipinski definition) is 4. The predicted octanol–water partition coefficient (Wildman–Crippen LogP) is 3.23. The van der Waals surface area contributed by atoms with Gasteiger partial charge in [-0.2, -0.15) is 12.7 Å². The molecule has 0 aromatic carbocycles. The summed E-state index contributed by atoms with van der Waals surface area (Å²) in [6.07, 6.45) is 6.60. The van der Waals surface area contributed by atoms with E-state index >= 15 is 0 Å². The zero-order chi connectivity index (χ0) is 17.7. The molecule has 3 rings (SSSR count). The smallest absolute Gasteiger partial charge is 0.279 e. The van der Waals surface area contributed by atoms with Crippen LogP contribution in [-0.4, -0.2) is 50.3 Å². The van der Waals surface area contributed by atoms with Crippen LogP contribution < -0.4 is 4.72 Å². The van der Waals surface area contributed by atoms with E-state index in [-0.39, 0.29) is 6.04 Å². The minimum atomic E-state index is -3.38. The Labute approximate surface area is 156 Å². The van der Waals surface area contributed by atoms with Gasteiger partial charge in [0.1, 0.15) is 0 Å². The van der Waals surface area contributed by atoms with Gasteiger partial charge < -0.3 is 0 Å². The second kappa shape index (κ2) is 8.95. The van der Waals surface area contributed by atoms with E-state index < -0.39 is 10.2 Å². The molecule has 1 N–H and O–H groups in total. The first-order valence-corrected chi connectivity index (χ1v) is 11.9. The van der Waals surface area contributed by atoms with Crippen LogP contribution in [0.3, 0.4) is 0 Å². The van der Waals surface area contributed by atoms with E-state index in [1.807, 2.05) is 0 Å². The molecule has 1 aromatic heterocycles. The Kier molecular flexibility index (Phi) is 6.91. The van der Waals surface area contributed by atoms with Crippen LogP contribution in [0.5, 0.6) is 0 Å². The SMILES string of the molecule is CC1CCN(C(CNS(=O)(=O)N2CCCCCC2)c2cccs2)CC1. The first kappa shape index (κ1) is 19.3. The maximum Gasteiger partial charge on any atom is 0.279 e. The van der Waals surface area contributed by atoms with E-state index in [2.05, 4.69) is 34.1 Å². The van der Waals surface area contributed by atoms with E-state index in [0.29, 0.717) is 19.6 Å². The molecule has 2 aliphatic heterocycles. The second-order valence-electron chi connectivity index (χ2n) is 7.42. The highest BCUT2D eigenvalue weighted by molar-refractivity contribution is 7.87. The van der Waals surface area contributed by atoms with Gasteiger partial charge in [-0.05, 0) is 56.1 Å². The number of piperidine rings is 1. The van der Waals surface area contributed by atoms with Crippen molar-refractivity contribution >= 4 is 21.5 Å². The molecule has 2 saturated heterocycles. The van der Waals surface area contributed by atoms with Gasteiger partial charge in [-0.25, -0.2) is 4.72 Å². The van der Waals surface area contributed by atoms with E-state index in [1.54, 1.807) is 15.6 Å². The number of nitrogens with one attached hydrogen (secondary N) is 1. The third-order valence-electron chi connectivity index (χ3n) is 5.49. The summed E-state index contributed by atoms with van der Waals surface area (Å²) in [7, 11) is -3.38. The molecule has 7 heteroatoms. The van der Waals surface area contributed by atoms with Crippen molar-refractivity contribution in [1.82, 2.24) is 13.9 Å². The fourth-order valence-corrected chi connectivity index (χ4v) is 5.94. The van der Waals surface area contributed by atoms with Crippen LogP contribution in [0.2, 0.25) is 0 Å². The first-order chi connectivity index (χ1) is 12.1. The molecule has 2 fully saturated rings. The Morgan fingerprint density at radius 3 is 2.44 bits per heavy atom. The highest BCUT2D eigenvalue weighted by Crippen LogP contribution is 2.29. The van der Waals surface area contributed by atoms with Crippen LogP contribution in [0.4, 0.5) is 0 Å². The van der Waals surface area contributed by atoms with Crippen molar-refractivity contribution in [2.24, 2.45) is 5.92 Å². The average Bonchev–Trinajstić information content (AvgIpc) is 2.97. The van der Waals surface area contributed by atoms with Crippen LogP contribution in [0, 0.1) is 5.92 Å². The van der Waals surface area contributed by atoms with Crippen molar-refractivity contribution in [1.29, 1.82) is 0 Å². The highest BCUT2D eigenvalue weighted by atomic mass is 32.2. The van der Waals surface area contributed by atoms with Gasteiger partial charge in [0.2, 0.25) is 0 Å². The van der Waals surface area contributed by atoms with Gasteiger partial charge in [0.05, 0.1) is 6.04 Å². The van der Waals surface area contributed by atoms with Crippen LogP contribution in [-0.2, 0) is 10.2 Å². The molecule has 0 amide bonds. The molecule has 0 bridgehead atoms. The lowest BCUT2D eigenvalue weighted by atomic mass is 9.97. The highest BCUT2D eigenvalue weighted by Gasteiger charge is 2.28. The monoisotopic (exact) mass is 385 g/mol. The van der Waals surface area contributed by atoms with Crippen molar-refractivity contribution in [3.05, 3.63) is 22.4 Å². The van der Waals surface area contributed by atoms with Gasteiger partial charge in [-0.3, -0.25) is 4.90 Å². The largest absolute Gasteiger partial charge is 0.294 e. The molecule has 0 saturated carbocycles. The third kappa shape index (κ3) is 5.26. The molecule has 5 nitrogen and oxygen atoms in total. The summed E-state index contributed by atoms with van der Waals surface area (Å²) in [5, 5.41) is 2.08. The quantitative estimate of drug-likeness (QED) is 0.818. The zero-order valence-corrected chi connectivity index (χ0v) is 16.8. The molecule has 0 spiro atoms. The van der Waals surface area contributed by atoms with Crippen molar-refractivity contribution in [2.45, 2.75) is 51.5 Å². The van der Waals surface area contributed by atoms with Gasteiger partial charge in [-0.1, -0.05) is 25.8 Å². The molecule has 2 aliphatic rings. The summed E-state index contributed by atoms with van der Waals surface area (Å²) in [5.74, 6) is 0.772. The molecule has 1 unspecified atom stereocenters. The molecular formula is C18H31N3O2S2. The second-order valence-corrected chi connectivity index (χ2v) is 10.2. The van der Waals surface area contributed by atoms with E-state index in [1.165, 1.54) is 17.7 Å². The summed E-state index contributed by atoms with van der Waals surface area (Å²) in [6.45, 7) is 6.18. The molecule has 3 heterocycles. The summed E-state index contributed by atoms with van der Waals surface area (Å²) in [5.41, 5.74) is 0. The van der Waals surface area contributed by atoms with Gasteiger partial charge in [-0.15, -0.1) is 11.3 Å². The molecular weight excluding hydrogens is 354 g/mol. The maximum atomic E-state index is 12.7. The lowest BCUT2D eigenvalue weighted by Crippen LogP contribution is -2.46. The Morgan fingerprint density at radius 2 is 1.84 bits per heavy atom. The summed E-state index contributed by atoms with van der Waals surface area (Å²) in [4.78, 5) is 3.71. The summed E-state index contributed by atoms with van der Waals surface area (Å²) < 4.78 is 30.1. The molecule has 142 valence electrons. The Hall–Kier alpha value is -0.470. The molecule has 1 aromatic rings. The molecule has 1 atom stereocenters. The molecule has 0 aliphatic carbocycles. The predicted molar refractivity (Wildman–Crippen MR) is 104 cm³/mol. The number of likely N-dealkylation sites (tertiary alicyclic amines) is 1. The van der Waals surface area contributed by atoms with Crippen LogP contribution >= 0.6 is 11.3 Å². The van der Waals surface area contributed by atoms with Crippen LogP contribution in [0.25, 0.3) is 0 Å². The van der Waals surface area contributed by atoms with E-state index in [9.17, 15) is 8.42 Å². The van der Waals surface area contributed by atoms with Crippen molar-refractivity contribution in [2.75, 3.05) is 32.7 Å². The maximum absolute atomic E-state index is 12.7. The first-order valence-electron chi connectivity index (χ1n) is 9.58. The molecule has 25 heavy (non-hydrogen) atoms. The fourth-order valence-electron chi connectivity index (χ4n) is 3.79. The average molecular weight is 386 g/mol. The number of nitrogens with zero attached hydrogens (tertiary/aromatic N) is 2. The topological polar surface area (TPSA) is 52.7 Å². The third-order valence-corrected chi connectivity index (χ3v) is 8.04. The number of hydrogen-bond donors (Lipinski definition) is 1. The lowest BCUT2D eigenvalue weighted by Gasteiger charge is -2.36. The van der Waals surface area contributed by atoms with Crippen LogP contribution in [0.15, 0.2) is 17.5 Å². The van der Waals surface area contributed by atoms with Crippen molar-refractivity contribution in [3.63, 3.8) is 0 Å². The summed E-state index contributed by atoms with van der Waals surface area (Å²) in [6, 6.07) is 4.34. The number of thiophene rings is 1. The van der Waals surface area contributed by atoms with Gasteiger partial charge in [0.15, 0.2) is 0 Å². The Bertz CT molecular complexity index is 602. The number of rotatable bonds is 6. The minimum absolute atomic E-state index is 0.147. The normalized spacial score (nSPS) is 23.4. The van der Waals surface area contributed by atoms with Crippen LogP contribution in [0.1, 0.15) is 56.4 Å². The Morgan fingerprint density at radius 1 is 1.16 bits per heavy atom. The van der Waals surface area contributed by atoms with Crippen molar-refractivity contribution in [3.8, 4) is 0 Å². The van der Waals surface area contributed by atoms with Gasteiger partial charge >= 0.3 is 0 Å². The van der Waals surface area contributed by atoms with Gasteiger partial charge in [0, 0.05) is 24.5 Å². The van der Waals surface area contributed by atoms with E-state index in [0.717, 1.165) is 44.7 Å². The van der Waals surface area contributed by atoms with E-state index in [4.69, 9.17) is 0 Å². The van der Waals surface area contributed by atoms with Gasteiger partial charge in [0.25, 0.3) is 10.2 Å². The standard InChI is InChI=1S/C18H31N3O2S2/c1-16-8-12-20(13-9-16)17(18-7-6-14-24-18)15-19-25(22,23)21-10-4-2-3-5-11-21/h6-7,14,16-17,19H,2-5,8-13,15H2,1H3. The zero-order valence-electron chi connectivity index (χ0n) is 15.2. The summed E-state index contributed by atoms with van der Waals surface area (Å²) >= 11 is 1.72. The fraction of sp³-hybridized carbons (Fsp3) is 0.778. The Balaban J connectivity index is 1.65.